The minimum atomic E-state index is -3.18. The Morgan fingerprint density at radius 2 is 2.05 bits per heavy atom. The van der Waals surface area contributed by atoms with Gasteiger partial charge in [-0.15, -0.1) is 0 Å². The maximum atomic E-state index is 12.2. The maximum Gasteiger partial charge on any atom is 0.287 e. The molecule has 3 N–H and O–H groups in total. The van der Waals surface area contributed by atoms with Crippen molar-refractivity contribution < 1.29 is 17.6 Å². The molecular formula is C15H24N2O4S. The molecule has 0 aliphatic heterocycles. The molecule has 0 bridgehead atoms. The summed E-state index contributed by atoms with van der Waals surface area (Å²) < 4.78 is 27.8. The van der Waals surface area contributed by atoms with E-state index in [1.807, 2.05) is 0 Å². The van der Waals surface area contributed by atoms with Crippen molar-refractivity contribution in [3.8, 4) is 0 Å². The summed E-state index contributed by atoms with van der Waals surface area (Å²) in [6.07, 6.45) is 6.89. The third-order valence-corrected chi connectivity index (χ3v) is 4.89. The third-order valence-electron chi connectivity index (χ3n) is 4.08. The fraction of sp³-hybridized carbons (Fsp3) is 0.667. The summed E-state index contributed by atoms with van der Waals surface area (Å²) in [4.78, 5) is 12.2. The lowest BCUT2D eigenvalue weighted by molar-refractivity contribution is 0.0886. The summed E-state index contributed by atoms with van der Waals surface area (Å²) >= 11 is 0. The van der Waals surface area contributed by atoms with Crippen LogP contribution in [0.3, 0.4) is 0 Å². The van der Waals surface area contributed by atoms with Gasteiger partial charge >= 0.3 is 0 Å². The lowest BCUT2D eigenvalue weighted by Crippen LogP contribution is -2.45. The molecule has 0 aromatic carbocycles. The van der Waals surface area contributed by atoms with Gasteiger partial charge in [0, 0.05) is 18.8 Å². The Balaban J connectivity index is 1.98. The molecule has 1 aromatic heterocycles. The van der Waals surface area contributed by atoms with E-state index in [4.69, 9.17) is 10.2 Å². The van der Waals surface area contributed by atoms with Gasteiger partial charge < -0.3 is 15.5 Å². The number of sulfone groups is 1. The highest BCUT2D eigenvalue weighted by Gasteiger charge is 2.25. The Morgan fingerprint density at radius 3 is 2.64 bits per heavy atom. The van der Waals surface area contributed by atoms with E-state index in [1.54, 1.807) is 0 Å². The van der Waals surface area contributed by atoms with Crippen LogP contribution in [0.1, 0.15) is 48.4 Å². The molecule has 22 heavy (non-hydrogen) atoms. The molecule has 1 saturated carbocycles. The number of nitrogens with one attached hydrogen (secondary N) is 1. The first-order valence-electron chi connectivity index (χ1n) is 7.66. The van der Waals surface area contributed by atoms with Crippen LogP contribution in [0, 0.1) is 5.92 Å². The van der Waals surface area contributed by atoms with Crippen LogP contribution in [0.15, 0.2) is 16.5 Å². The SMILES string of the molecule is CS(=O)(=O)Cc1ccc(C(=O)NC(CN)C2CCCCC2)o1. The van der Waals surface area contributed by atoms with Gasteiger partial charge in [-0.25, -0.2) is 8.42 Å². The van der Waals surface area contributed by atoms with E-state index in [1.165, 1.54) is 31.4 Å². The van der Waals surface area contributed by atoms with Gasteiger partial charge in [0.1, 0.15) is 11.5 Å². The molecule has 1 aliphatic rings. The molecule has 1 aromatic rings. The number of rotatable bonds is 6. The lowest BCUT2D eigenvalue weighted by atomic mass is 9.84. The summed E-state index contributed by atoms with van der Waals surface area (Å²) in [6.45, 7) is 0.396. The van der Waals surface area contributed by atoms with Gasteiger partial charge in [-0.05, 0) is 30.9 Å². The summed E-state index contributed by atoms with van der Waals surface area (Å²) in [5.41, 5.74) is 5.79. The van der Waals surface area contributed by atoms with Crippen molar-refractivity contribution in [3.63, 3.8) is 0 Å². The van der Waals surface area contributed by atoms with E-state index in [-0.39, 0.29) is 29.2 Å². The van der Waals surface area contributed by atoms with Gasteiger partial charge in [0.15, 0.2) is 15.6 Å². The second-order valence-corrected chi connectivity index (χ2v) is 8.19. The number of nitrogens with two attached hydrogens (primary N) is 1. The predicted octanol–water partition coefficient (Wildman–Crippen LogP) is 1.46. The summed E-state index contributed by atoms with van der Waals surface area (Å²) in [7, 11) is -3.18. The largest absolute Gasteiger partial charge is 0.455 e. The highest BCUT2D eigenvalue weighted by atomic mass is 32.2. The van der Waals surface area contributed by atoms with Crippen LogP contribution in [0.2, 0.25) is 0 Å². The standard InChI is InChI=1S/C15H24N2O4S/c1-22(19,20)10-12-7-8-14(21-12)15(18)17-13(9-16)11-5-3-2-4-6-11/h7-8,11,13H,2-6,9-10,16H2,1H3,(H,17,18). The third kappa shape index (κ3) is 4.84. The van der Waals surface area contributed by atoms with E-state index in [2.05, 4.69) is 5.32 Å². The molecule has 124 valence electrons. The summed E-state index contributed by atoms with van der Waals surface area (Å²) in [6, 6.07) is 2.97. The van der Waals surface area contributed by atoms with Crippen LogP contribution in [0.25, 0.3) is 0 Å². The Labute approximate surface area is 131 Å². The molecule has 1 fully saturated rings. The minimum absolute atomic E-state index is 0.0590. The fourth-order valence-electron chi connectivity index (χ4n) is 2.98. The van der Waals surface area contributed by atoms with Crippen LogP contribution in [0.5, 0.6) is 0 Å². The molecular weight excluding hydrogens is 304 g/mol. The Kier molecular flexibility index (Phi) is 5.63. The Hall–Kier alpha value is -1.34. The van der Waals surface area contributed by atoms with E-state index >= 15 is 0 Å². The Morgan fingerprint density at radius 1 is 1.36 bits per heavy atom. The number of furan rings is 1. The molecule has 1 heterocycles. The summed E-state index contributed by atoms with van der Waals surface area (Å²) in [5.74, 6) is 0.278. The zero-order chi connectivity index (χ0) is 16.2. The van der Waals surface area contributed by atoms with Crippen LogP contribution >= 0.6 is 0 Å². The normalized spacial score (nSPS) is 18.1. The van der Waals surface area contributed by atoms with Crippen molar-refractivity contribution in [2.24, 2.45) is 11.7 Å². The average molecular weight is 328 g/mol. The first-order valence-corrected chi connectivity index (χ1v) is 9.72. The monoisotopic (exact) mass is 328 g/mol. The Bertz CT molecular complexity index is 603. The highest BCUT2D eigenvalue weighted by molar-refractivity contribution is 7.89. The molecule has 1 aliphatic carbocycles. The fourth-order valence-corrected chi connectivity index (χ4v) is 3.65. The molecule has 1 unspecified atom stereocenters. The molecule has 1 amide bonds. The van der Waals surface area contributed by atoms with Crippen molar-refractivity contribution in [1.29, 1.82) is 0 Å². The lowest BCUT2D eigenvalue weighted by Gasteiger charge is -2.29. The van der Waals surface area contributed by atoms with E-state index in [0.29, 0.717) is 12.5 Å². The van der Waals surface area contributed by atoms with Crippen molar-refractivity contribution in [3.05, 3.63) is 23.7 Å². The topological polar surface area (TPSA) is 102 Å². The number of carbonyl (C=O) groups excluding carboxylic acids is 1. The van der Waals surface area contributed by atoms with Gasteiger partial charge in [-0.3, -0.25) is 4.79 Å². The zero-order valence-corrected chi connectivity index (χ0v) is 13.7. The molecule has 2 rings (SSSR count). The van der Waals surface area contributed by atoms with Crippen molar-refractivity contribution in [2.45, 2.75) is 43.9 Å². The first kappa shape index (κ1) is 17.0. The molecule has 0 saturated heterocycles. The van der Waals surface area contributed by atoms with E-state index in [0.717, 1.165) is 19.1 Å². The van der Waals surface area contributed by atoms with E-state index < -0.39 is 9.84 Å². The predicted molar refractivity (Wildman–Crippen MR) is 84.1 cm³/mol. The van der Waals surface area contributed by atoms with Gasteiger partial charge in [-0.2, -0.15) is 0 Å². The maximum absolute atomic E-state index is 12.2. The second-order valence-electron chi connectivity index (χ2n) is 6.05. The quantitative estimate of drug-likeness (QED) is 0.823. The minimum Gasteiger partial charge on any atom is -0.455 e. The van der Waals surface area contributed by atoms with E-state index in [9.17, 15) is 13.2 Å². The van der Waals surface area contributed by atoms with Crippen LogP contribution in [0.4, 0.5) is 0 Å². The van der Waals surface area contributed by atoms with Crippen LogP contribution in [-0.2, 0) is 15.6 Å². The van der Waals surface area contributed by atoms with Gasteiger partial charge in [0.05, 0.1) is 0 Å². The second kappa shape index (κ2) is 7.28. The summed E-state index contributed by atoms with van der Waals surface area (Å²) in [5, 5.41) is 2.92. The number of amides is 1. The van der Waals surface area contributed by atoms with Crippen LogP contribution < -0.4 is 11.1 Å². The van der Waals surface area contributed by atoms with Crippen molar-refractivity contribution in [2.75, 3.05) is 12.8 Å². The first-order chi connectivity index (χ1) is 10.4. The van der Waals surface area contributed by atoms with Gasteiger partial charge in [-0.1, -0.05) is 19.3 Å². The molecule has 7 heteroatoms. The van der Waals surface area contributed by atoms with Crippen LogP contribution in [-0.4, -0.2) is 33.2 Å². The highest BCUT2D eigenvalue weighted by Crippen LogP contribution is 2.26. The van der Waals surface area contributed by atoms with Gasteiger partial charge in [0.25, 0.3) is 5.91 Å². The number of hydrogen-bond donors (Lipinski definition) is 2. The number of carbonyl (C=O) groups is 1. The molecule has 6 nitrogen and oxygen atoms in total. The molecule has 1 atom stereocenters. The number of hydrogen-bond acceptors (Lipinski definition) is 5. The molecule has 0 spiro atoms. The van der Waals surface area contributed by atoms with Crippen molar-refractivity contribution >= 4 is 15.7 Å². The average Bonchev–Trinajstić information content (AvgIpc) is 2.92. The smallest absolute Gasteiger partial charge is 0.287 e. The zero-order valence-electron chi connectivity index (χ0n) is 12.9. The van der Waals surface area contributed by atoms with Crippen molar-refractivity contribution in [1.82, 2.24) is 5.32 Å². The van der Waals surface area contributed by atoms with Gasteiger partial charge in [0.2, 0.25) is 0 Å². The molecule has 0 radical (unpaired) electrons.